The van der Waals surface area contributed by atoms with Crippen molar-refractivity contribution in [2.24, 2.45) is 0 Å². The molecule has 1 aliphatic carbocycles. The highest BCUT2D eigenvalue weighted by Gasteiger charge is 2.30. The van der Waals surface area contributed by atoms with Crippen LogP contribution < -0.4 is 22.3 Å². The number of anilines is 2. The molecule has 118 valence electrons. The summed E-state index contributed by atoms with van der Waals surface area (Å²) in [7, 11) is 1.54. The molecule has 0 aromatic carbocycles. The molecule has 0 saturated heterocycles. The number of ether oxygens (including phenoxy) is 2. The summed E-state index contributed by atoms with van der Waals surface area (Å²) in [5, 5.41) is 3.10. The van der Waals surface area contributed by atoms with Crippen molar-refractivity contribution in [1.82, 2.24) is 9.55 Å². The van der Waals surface area contributed by atoms with Gasteiger partial charge in [0.1, 0.15) is 11.5 Å². The zero-order valence-corrected chi connectivity index (χ0v) is 12.3. The Morgan fingerprint density at radius 1 is 1.43 bits per heavy atom. The van der Waals surface area contributed by atoms with E-state index in [1.165, 1.54) is 11.7 Å². The number of hydrogen-bond acceptors (Lipinski definition) is 6. The molecule has 1 fully saturated rings. The van der Waals surface area contributed by atoms with Gasteiger partial charge in [-0.1, -0.05) is 0 Å². The summed E-state index contributed by atoms with van der Waals surface area (Å²) in [4.78, 5) is 25.9. The number of aromatic nitrogens is 2. The molecule has 8 heteroatoms. The minimum Gasteiger partial charge on any atom is -0.383 e. The predicted molar refractivity (Wildman–Crippen MR) is 79.7 cm³/mol. The molecule has 2 rings (SSSR count). The van der Waals surface area contributed by atoms with Crippen LogP contribution in [0.5, 0.6) is 0 Å². The van der Waals surface area contributed by atoms with Gasteiger partial charge in [0.2, 0.25) is 0 Å². The van der Waals surface area contributed by atoms with Gasteiger partial charge in [-0.2, -0.15) is 0 Å². The van der Waals surface area contributed by atoms with E-state index in [0.717, 1.165) is 12.8 Å². The second-order valence-electron chi connectivity index (χ2n) is 5.05. The summed E-state index contributed by atoms with van der Waals surface area (Å²) in [6.45, 7) is 3.27. The topological polar surface area (TPSA) is 111 Å². The van der Waals surface area contributed by atoms with Crippen LogP contribution in [-0.4, -0.2) is 42.0 Å². The van der Waals surface area contributed by atoms with Gasteiger partial charge in [-0.05, 0) is 19.8 Å². The van der Waals surface area contributed by atoms with E-state index in [1.807, 2.05) is 6.92 Å². The zero-order valence-electron chi connectivity index (χ0n) is 12.3. The molecule has 0 aliphatic heterocycles. The number of nitrogens with one attached hydrogen (secondary N) is 2. The van der Waals surface area contributed by atoms with Crippen molar-refractivity contribution in [1.29, 1.82) is 0 Å². The summed E-state index contributed by atoms with van der Waals surface area (Å²) in [5.41, 5.74) is 5.16. The fourth-order valence-corrected chi connectivity index (χ4v) is 2.39. The van der Waals surface area contributed by atoms with Crippen molar-refractivity contribution in [2.45, 2.75) is 38.5 Å². The molecule has 1 aromatic rings. The maximum Gasteiger partial charge on any atom is 0.330 e. The van der Waals surface area contributed by atoms with Gasteiger partial charge in [-0.3, -0.25) is 14.3 Å². The molecule has 0 unspecified atom stereocenters. The standard InChI is InChI=1S/C13H22N4O4/c1-3-21-9-6-8(7-9)15-10-11(14)17(4-5-20-2)13(19)16-12(10)18/h8-9,15H,3-7,14H2,1-2H3,(H,16,18,19). The molecule has 0 amide bonds. The fourth-order valence-electron chi connectivity index (χ4n) is 2.39. The molecule has 4 N–H and O–H groups in total. The molecule has 0 spiro atoms. The molecule has 0 bridgehead atoms. The van der Waals surface area contributed by atoms with Gasteiger partial charge in [0.15, 0.2) is 0 Å². The molecule has 21 heavy (non-hydrogen) atoms. The van der Waals surface area contributed by atoms with E-state index >= 15 is 0 Å². The summed E-state index contributed by atoms with van der Waals surface area (Å²) >= 11 is 0. The average molecular weight is 298 g/mol. The fraction of sp³-hybridized carbons (Fsp3) is 0.692. The molecule has 8 nitrogen and oxygen atoms in total. The first-order chi connectivity index (χ1) is 10.1. The Morgan fingerprint density at radius 2 is 2.14 bits per heavy atom. The number of nitrogens with two attached hydrogens (primary N) is 1. The van der Waals surface area contributed by atoms with Crippen molar-refractivity contribution in [3.63, 3.8) is 0 Å². The third-order valence-corrected chi connectivity index (χ3v) is 3.60. The maximum atomic E-state index is 11.9. The van der Waals surface area contributed by atoms with Crippen LogP contribution in [0.4, 0.5) is 11.5 Å². The first kappa shape index (κ1) is 15.6. The number of nitrogen functional groups attached to an aromatic ring is 1. The molecule has 1 saturated carbocycles. The second kappa shape index (κ2) is 6.77. The lowest BCUT2D eigenvalue weighted by Gasteiger charge is -2.36. The first-order valence-electron chi connectivity index (χ1n) is 7.06. The van der Waals surface area contributed by atoms with E-state index in [2.05, 4.69) is 10.3 Å². The third-order valence-electron chi connectivity index (χ3n) is 3.60. The number of methoxy groups -OCH3 is 1. The first-order valence-corrected chi connectivity index (χ1v) is 7.06. The zero-order chi connectivity index (χ0) is 15.4. The van der Waals surface area contributed by atoms with Crippen molar-refractivity contribution in [3.05, 3.63) is 20.8 Å². The Bertz CT molecular complexity index is 589. The van der Waals surface area contributed by atoms with E-state index in [0.29, 0.717) is 19.8 Å². The lowest BCUT2D eigenvalue weighted by molar-refractivity contribution is 0.00297. The summed E-state index contributed by atoms with van der Waals surface area (Å²) in [6, 6.07) is 0.137. The summed E-state index contributed by atoms with van der Waals surface area (Å²) in [6.07, 6.45) is 1.88. The normalized spacial score (nSPS) is 21.0. The van der Waals surface area contributed by atoms with E-state index in [-0.39, 0.29) is 23.7 Å². The lowest BCUT2D eigenvalue weighted by Crippen LogP contribution is -2.43. The summed E-state index contributed by atoms with van der Waals surface area (Å²) in [5.74, 6) is 0.139. The maximum absolute atomic E-state index is 11.9. The third kappa shape index (κ3) is 3.45. The van der Waals surface area contributed by atoms with Crippen LogP contribution in [0.15, 0.2) is 9.59 Å². The van der Waals surface area contributed by atoms with Gasteiger partial charge >= 0.3 is 5.69 Å². The highest BCUT2D eigenvalue weighted by molar-refractivity contribution is 5.61. The molecular formula is C13H22N4O4. The average Bonchev–Trinajstić information content (AvgIpc) is 2.39. The largest absolute Gasteiger partial charge is 0.383 e. The monoisotopic (exact) mass is 298 g/mol. The van der Waals surface area contributed by atoms with Crippen LogP contribution in [0.3, 0.4) is 0 Å². The van der Waals surface area contributed by atoms with Crippen LogP contribution in [0, 0.1) is 0 Å². The van der Waals surface area contributed by atoms with Crippen molar-refractivity contribution in [2.75, 3.05) is 31.4 Å². The van der Waals surface area contributed by atoms with Crippen LogP contribution in [0.25, 0.3) is 0 Å². The van der Waals surface area contributed by atoms with Gasteiger partial charge in [-0.25, -0.2) is 4.79 Å². The smallest absolute Gasteiger partial charge is 0.330 e. The molecular weight excluding hydrogens is 276 g/mol. The van der Waals surface area contributed by atoms with E-state index in [9.17, 15) is 9.59 Å². The highest BCUT2D eigenvalue weighted by atomic mass is 16.5. The quantitative estimate of drug-likeness (QED) is 0.640. The molecule has 1 aliphatic rings. The van der Waals surface area contributed by atoms with E-state index in [1.54, 1.807) is 0 Å². The van der Waals surface area contributed by atoms with Gasteiger partial charge < -0.3 is 20.5 Å². The van der Waals surface area contributed by atoms with E-state index in [4.69, 9.17) is 15.2 Å². The Hall–Kier alpha value is -1.80. The van der Waals surface area contributed by atoms with Crippen molar-refractivity contribution >= 4 is 11.5 Å². The molecule has 0 radical (unpaired) electrons. The van der Waals surface area contributed by atoms with Crippen LogP contribution in [0.1, 0.15) is 19.8 Å². The van der Waals surface area contributed by atoms with Gasteiger partial charge in [0, 0.05) is 19.8 Å². The van der Waals surface area contributed by atoms with Crippen molar-refractivity contribution in [3.8, 4) is 0 Å². The van der Waals surface area contributed by atoms with Crippen molar-refractivity contribution < 1.29 is 9.47 Å². The summed E-state index contributed by atoms with van der Waals surface area (Å²) < 4.78 is 11.7. The van der Waals surface area contributed by atoms with Crippen LogP contribution in [0.2, 0.25) is 0 Å². The highest BCUT2D eigenvalue weighted by Crippen LogP contribution is 2.27. The number of rotatable bonds is 7. The number of H-pyrrole nitrogens is 1. The molecule has 0 atom stereocenters. The lowest BCUT2D eigenvalue weighted by atomic mass is 9.89. The minimum absolute atomic E-state index is 0.137. The Labute approximate surface area is 122 Å². The number of nitrogens with zero attached hydrogens (tertiary/aromatic N) is 1. The van der Waals surface area contributed by atoms with Crippen LogP contribution in [-0.2, 0) is 16.0 Å². The Morgan fingerprint density at radius 3 is 2.76 bits per heavy atom. The second-order valence-corrected chi connectivity index (χ2v) is 5.05. The Kier molecular flexibility index (Phi) is 5.03. The molecule has 1 aromatic heterocycles. The number of hydrogen-bond donors (Lipinski definition) is 3. The minimum atomic E-state index is -0.527. The number of aromatic amines is 1. The molecule has 1 heterocycles. The van der Waals surface area contributed by atoms with Gasteiger partial charge in [-0.15, -0.1) is 0 Å². The van der Waals surface area contributed by atoms with E-state index < -0.39 is 11.2 Å². The SMILES string of the molecule is CCOC1CC(Nc2c(N)n(CCOC)c(=O)[nH]c2=O)C1. The Balaban J connectivity index is 2.12. The predicted octanol–water partition coefficient (Wildman–Crippen LogP) is -0.255. The van der Waals surface area contributed by atoms with Crippen LogP contribution >= 0.6 is 0 Å². The van der Waals surface area contributed by atoms with Gasteiger partial charge in [0.05, 0.1) is 19.3 Å². The van der Waals surface area contributed by atoms with Gasteiger partial charge in [0.25, 0.3) is 5.56 Å².